The average Bonchev–Trinajstić information content (AvgIpc) is 2.90. The fourth-order valence-electron chi connectivity index (χ4n) is 4.37. The Balaban J connectivity index is 0.000000335. The molecule has 1 atom stereocenters. The van der Waals surface area contributed by atoms with E-state index in [9.17, 15) is 0 Å². The lowest BCUT2D eigenvalue weighted by atomic mass is 10.00. The van der Waals surface area contributed by atoms with Crippen LogP contribution in [0.5, 0.6) is 0 Å². The smallest absolute Gasteiger partial charge is 0.0681 e. The number of allylic oxidation sites excluding steroid dienone is 2. The molecule has 3 nitrogen and oxygen atoms in total. The minimum absolute atomic E-state index is 0.140. The molecule has 30 heavy (non-hydrogen) atoms. The normalized spacial score (nSPS) is 22.8. The molecule has 3 rings (SSSR count). The van der Waals surface area contributed by atoms with E-state index in [0.717, 1.165) is 18.2 Å². The van der Waals surface area contributed by atoms with Gasteiger partial charge in [0, 0.05) is 19.1 Å². The second-order valence-corrected chi connectivity index (χ2v) is 8.67. The van der Waals surface area contributed by atoms with Crippen LogP contribution in [0.4, 0.5) is 0 Å². The monoisotopic (exact) mass is 412 g/mol. The number of hydrogen-bond acceptors (Lipinski definition) is 3. The summed E-state index contributed by atoms with van der Waals surface area (Å²) in [6, 6.07) is 10.4. The zero-order valence-electron chi connectivity index (χ0n) is 19.1. The molecule has 168 valence electrons. The van der Waals surface area contributed by atoms with Gasteiger partial charge in [0.15, 0.2) is 0 Å². The first kappa shape index (κ1) is 24.8. The van der Waals surface area contributed by atoms with Crippen molar-refractivity contribution in [3.05, 3.63) is 48.0 Å². The van der Waals surface area contributed by atoms with E-state index in [1.54, 1.807) is 0 Å². The van der Waals surface area contributed by atoms with Gasteiger partial charge >= 0.3 is 0 Å². The molecule has 0 radical (unpaired) electrons. The molecule has 0 spiro atoms. The lowest BCUT2D eigenvalue weighted by Gasteiger charge is -2.32. The maximum absolute atomic E-state index is 8.54. The van der Waals surface area contributed by atoms with E-state index < -0.39 is 0 Å². The molecule has 1 unspecified atom stereocenters. The lowest BCUT2D eigenvalue weighted by Crippen LogP contribution is -2.37. The fraction of sp³-hybridized carbons (Fsp3) is 0.667. The molecule has 1 N–H and O–H groups in total. The minimum Gasteiger partial charge on any atom is -0.392 e. The molecule has 0 bridgehead atoms. The summed E-state index contributed by atoms with van der Waals surface area (Å²) >= 11 is 0. The van der Waals surface area contributed by atoms with Gasteiger partial charge in [-0.1, -0.05) is 61.7 Å². The van der Waals surface area contributed by atoms with Crippen LogP contribution < -0.4 is 0 Å². The van der Waals surface area contributed by atoms with E-state index >= 15 is 0 Å². The van der Waals surface area contributed by atoms with Crippen molar-refractivity contribution in [3.8, 4) is 0 Å². The highest BCUT2D eigenvalue weighted by Gasteiger charge is 2.17. The van der Waals surface area contributed by atoms with E-state index in [-0.39, 0.29) is 6.61 Å². The third-order valence-electron chi connectivity index (χ3n) is 6.16. The van der Waals surface area contributed by atoms with Gasteiger partial charge in [-0.3, -0.25) is 4.99 Å². The minimum atomic E-state index is 0.140. The zero-order chi connectivity index (χ0) is 21.1. The predicted octanol–water partition coefficient (Wildman–Crippen LogP) is 6.56. The van der Waals surface area contributed by atoms with Gasteiger partial charge in [-0.2, -0.15) is 0 Å². The van der Waals surface area contributed by atoms with E-state index in [4.69, 9.17) is 5.11 Å². The summed E-state index contributed by atoms with van der Waals surface area (Å²) in [7, 11) is 0. The third-order valence-corrected chi connectivity index (χ3v) is 6.16. The Kier molecular flexibility index (Phi) is 14.3. The largest absolute Gasteiger partial charge is 0.392 e. The highest BCUT2D eigenvalue weighted by atomic mass is 16.3. The van der Waals surface area contributed by atoms with Crippen LogP contribution >= 0.6 is 0 Å². The second-order valence-electron chi connectivity index (χ2n) is 8.67. The van der Waals surface area contributed by atoms with E-state index in [0.29, 0.717) is 0 Å². The molecule has 1 aliphatic carbocycles. The van der Waals surface area contributed by atoms with E-state index in [2.05, 4.69) is 28.3 Å². The highest BCUT2D eigenvalue weighted by molar-refractivity contribution is 5.56. The van der Waals surface area contributed by atoms with Crippen LogP contribution in [0, 0.1) is 0 Å². The molecule has 1 aromatic rings. The van der Waals surface area contributed by atoms with Gasteiger partial charge in [-0.25, -0.2) is 0 Å². The van der Waals surface area contributed by atoms with Gasteiger partial charge < -0.3 is 10.0 Å². The molecule has 2 aliphatic rings. The van der Waals surface area contributed by atoms with Crippen molar-refractivity contribution in [3.63, 3.8) is 0 Å². The second kappa shape index (κ2) is 17.3. The van der Waals surface area contributed by atoms with Crippen molar-refractivity contribution < 1.29 is 5.11 Å². The SMILES string of the molecule is C1=CCCCC(N2CCCCCC=NCCC2)CCCCC1.OCc1ccccc1. The fourth-order valence-corrected chi connectivity index (χ4v) is 4.37. The van der Waals surface area contributed by atoms with Crippen LogP contribution in [0.1, 0.15) is 89.0 Å². The van der Waals surface area contributed by atoms with Crippen molar-refractivity contribution in [2.24, 2.45) is 4.99 Å². The Morgan fingerprint density at radius 2 is 1.47 bits per heavy atom. The summed E-state index contributed by atoms with van der Waals surface area (Å²) in [5, 5.41) is 8.54. The maximum atomic E-state index is 8.54. The highest BCUT2D eigenvalue weighted by Crippen LogP contribution is 2.20. The van der Waals surface area contributed by atoms with E-state index in [1.807, 2.05) is 30.3 Å². The Morgan fingerprint density at radius 1 is 0.767 bits per heavy atom. The van der Waals surface area contributed by atoms with Gasteiger partial charge in [-0.15, -0.1) is 0 Å². The summed E-state index contributed by atoms with van der Waals surface area (Å²) in [6.45, 7) is 3.76. The molecule has 0 saturated carbocycles. The van der Waals surface area contributed by atoms with Gasteiger partial charge in [0.25, 0.3) is 0 Å². The Hall–Kier alpha value is -1.45. The van der Waals surface area contributed by atoms with Crippen molar-refractivity contribution >= 4 is 6.21 Å². The van der Waals surface area contributed by atoms with Crippen molar-refractivity contribution in [1.29, 1.82) is 0 Å². The summed E-state index contributed by atoms with van der Waals surface area (Å²) in [5.41, 5.74) is 0.965. The summed E-state index contributed by atoms with van der Waals surface area (Å²) < 4.78 is 0. The predicted molar refractivity (Wildman–Crippen MR) is 130 cm³/mol. The Morgan fingerprint density at radius 3 is 2.27 bits per heavy atom. The number of rotatable bonds is 2. The number of aliphatic hydroxyl groups excluding tert-OH is 1. The molecule has 0 amide bonds. The Labute approximate surface area is 185 Å². The van der Waals surface area contributed by atoms with Crippen LogP contribution in [0.15, 0.2) is 47.5 Å². The van der Waals surface area contributed by atoms with Crippen LogP contribution in [0.2, 0.25) is 0 Å². The van der Waals surface area contributed by atoms with Crippen LogP contribution in [-0.4, -0.2) is 41.9 Å². The first-order valence-corrected chi connectivity index (χ1v) is 12.4. The molecule has 0 fully saturated rings. The van der Waals surface area contributed by atoms with Gasteiger partial charge in [0.05, 0.1) is 6.61 Å². The molecule has 3 heteroatoms. The van der Waals surface area contributed by atoms with Crippen LogP contribution in [0.25, 0.3) is 0 Å². The third kappa shape index (κ3) is 11.7. The standard InChI is InChI=1S/C20H36N2.C7H8O/c1-2-4-6-10-15-20(14-9-5-3-1)22-18-12-8-7-11-16-21-17-13-19-22;8-6-7-4-2-1-3-5-7/h1,3,16,20H,2,4-15,17-19H2;1-5,8H,6H2. The maximum Gasteiger partial charge on any atom is 0.0681 e. The van der Waals surface area contributed by atoms with Crippen LogP contribution in [-0.2, 0) is 6.61 Å². The Bertz CT molecular complexity index is 537. The summed E-state index contributed by atoms with van der Waals surface area (Å²) in [5.74, 6) is 0. The lowest BCUT2D eigenvalue weighted by molar-refractivity contribution is 0.167. The van der Waals surface area contributed by atoms with Gasteiger partial charge in [0.2, 0.25) is 0 Å². The molecular weight excluding hydrogens is 368 g/mol. The van der Waals surface area contributed by atoms with Crippen molar-refractivity contribution in [1.82, 2.24) is 4.90 Å². The topological polar surface area (TPSA) is 35.8 Å². The van der Waals surface area contributed by atoms with Gasteiger partial charge in [-0.05, 0) is 82.5 Å². The number of benzene rings is 1. The molecule has 1 aliphatic heterocycles. The van der Waals surface area contributed by atoms with E-state index in [1.165, 1.54) is 96.6 Å². The number of hydrogen-bond donors (Lipinski definition) is 1. The first-order valence-electron chi connectivity index (χ1n) is 12.4. The first-order chi connectivity index (χ1) is 14.9. The molecule has 0 saturated heterocycles. The summed E-state index contributed by atoms with van der Waals surface area (Å²) in [6.07, 6.45) is 24.5. The zero-order valence-corrected chi connectivity index (χ0v) is 19.1. The molecule has 0 aromatic heterocycles. The summed E-state index contributed by atoms with van der Waals surface area (Å²) in [4.78, 5) is 7.39. The van der Waals surface area contributed by atoms with Crippen molar-refractivity contribution in [2.75, 3.05) is 19.6 Å². The molecular formula is C27H44N2O. The van der Waals surface area contributed by atoms with Crippen LogP contribution in [0.3, 0.4) is 0 Å². The number of nitrogens with zero attached hydrogens (tertiary/aromatic N) is 2. The number of aliphatic hydroxyl groups is 1. The molecule has 1 aromatic carbocycles. The van der Waals surface area contributed by atoms with Crippen molar-refractivity contribution in [2.45, 2.75) is 96.1 Å². The molecule has 1 heterocycles. The van der Waals surface area contributed by atoms with Gasteiger partial charge in [0.1, 0.15) is 0 Å². The quantitative estimate of drug-likeness (QED) is 0.558. The number of aliphatic imine (C=N–C) groups is 1. The average molecular weight is 413 g/mol.